The smallest absolute Gasteiger partial charge is 0.310 e. The maximum atomic E-state index is 13.4. The highest BCUT2D eigenvalue weighted by Gasteiger charge is 2.29. The van der Waals surface area contributed by atoms with E-state index in [9.17, 15) is 9.59 Å². The van der Waals surface area contributed by atoms with Crippen LogP contribution in [0.4, 0.5) is 0 Å². The number of ether oxygens (including phenoxy) is 1. The van der Waals surface area contributed by atoms with Crippen molar-refractivity contribution in [1.29, 1.82) is 0 Å². The minimum absolute atomic E-state index is 0.0574. The Kier molecular flexibility index (Phi) is 7.15. The monoisotopic (exact) mass is 351 g/mol. The van der Waals surface area contributed by atoms with Crippen LogP contribution in [0.3, 0.4) is 0 Å². The van der Waals surface area contributed by atoms with Crippen LogP contribution in [0.1, 0.15) is 24.0 Å². The highest BCUT2D eigenvalue weighted by Crippen LogP contribution is 2.27. The van der Waals surface area contributed by atoms with Crippen molar-refractivity contribution < 1.29 is 14.3 Å². The van der Waals surface area contributed by atoms with Gasteiger partial charge in [0.1, 0.15) is 0 Å². The Hall–Kier alpha value is -2.88. The summed E-state index contributed by atoms with van der Waals surface area (Å²) in [4.78, 5) is 26.9. The first-order valence-corrected chi connectivity index (χ1v) is 8.65. The van der Waals surface area contributed by atoms with Crippen molar-refractivity contribution in [3.05, 3.63) is 84.4 Å². The molecule has 26 heavy (non-hydrogen) atoms. The van der Waals surface area contributed by atoms with E-state index < -0.39 is 11.8 Å². The normalized spacial score (nSPS) is 11.7. The van der Waals surface area contributed by atoms with Gasteiger partial charge in [0.05, 0.1) is 18.9 Å². The van der Waals surface area contributed by atoms with E-state index in [1.165, 1.54) is 7.11 Å². The molecule has 1 unspecified atom stereocenters. The lowest BCUT2D eigenvalue weighted by Gasteiger charge is -2.28. The summed E-state index contributed by atoms with van der Waals surface area (Å²) in [5, 5.41) is 0. The second-order valence-corrected chi connectivity index (χ2v) is 6.21. The van der Waals surface area contributed by atoms with Crippen molar-refractivity contribution in [2.24, 2.45) is 5.92 Å². The Bertz CT molecular complexity index is 688. The lowest BCUT2D eigenvalue weighted by Crippen LogP contribution is -2.40. The van der Waals surface area contributed by atoms with Gasteiger partial charge in [0.15, 0.2) is 0 Å². The van der Waals surface area contributed by atoms with E-state index in [-0.39, 0.29) is 18.4 Å². The molecule has 0 bridgehead atoms. The van der Waals surface area contributed by atoms with Crippen LogP contribution in [0.15, 0.2) is 73.3 Å². The second-order valence-electron chi connectivity index (χ2n) is 6.21. The number of amides is 1. The maximum absolute atomic E-state index is 13.4. The zero-order valence-electron chi connectivity index (χ0n) is 15.3. The standard InChI is InChI=1S/C22H25NO3/c1-4-15-23(16-17(2)22(25)26-3)21(24)20(18-11-7-5-8-12-18)19-13-9-6-10-14-19/h4-14,17,20H,1,15-16H2,2-3H3. The number of nitrogens with zero attached hydrogens (tertiary/aromatic N) is 1. The van der Waals surface area contributed by atoms with Gasteiger partial charge in [-0.05, 0) is 11.1 Å². The van der Waals surface area contributed by atoms with Crippen LogP contribution in [0, 0.1) is 5.92 Å². The molecule has 0 aromatic heterocycles. The van der Waals surface area contributed by atoms with Crippen LogP contribution in [0.25, 0.3) is 0 Å². The van der Waals surface area contributed by atoms with Crippen molar-refractivity contribution in [2.75, 3.05) is 20.2 Å². The zero-order chi connectivity index (χ0) is 18.9. The number of benzene rings is 2. The molecule has 4 nitrogen and oxygen atoms in total. The molecule has 2 aromatic carbocycles. The van der Waals surface area contributed by atoms with E-state index in [0.717, 1.165) is 11.1 Å². The van der Waals surface area contributed by atoms with E-state index in [1.54, 1.807) is 17.9 Å². The summed E-state index contributed by atoms with van der Waals surface area (Å²) in [6, 6.07) is 19.4. The zero-order valence-corrected chi connectivity index (χ0v) is 15.3. The third kappa shape index (κ3) is 4.82. The van der Waals surface area contributed by atoms with Crippen LogP contribution in [-0.4, -0.2) is 37.0 Å². The Balaban J connectivity index is 2.36. The minimum atomic E-state index is -0.429. The number of carbonyl (C=O) groups is 2. The molecule has 0 heterocycles. The molecule has 4 heteroatoms. The average Bonchev–Trinajstić information content (AvgIpc) is 2.68. The lowest BCUT2D eigenvalue weighted by molar-refractivity contribution is -0.146. The van der Waals surface area contributed by atoms with Gasteiger partial charge in [-0.25, -0.2) is 0 Å². The molecule has 0 saturated heterocycles. The first kappa shape index (κ1) is 19.4. The van der Waals surface area contributed by atoms with Gasteiger partial charge in [0.2, 0.25) is 5.91 Å². The first-order valence-electron chi connectivity index (χ1n) is 8.65. The summed E-state index contributed by atoms with van der Waals surface area (Å²) >= 11 is 0. The van der Waals surface area contributed by atoms with Crippen molar-refractivity contribution in [3.63, 3.8) is 0 Å². The Morgan fingerprint density at radius 3 is 1.96 bits per heavy atom. The molecule has 0 aliphatic carbocycles. The van der Waals surface area contributed by atoms with Gasteiger partial charge in [-0.2, -0.15) is 0 Å². The molecule has 2 aromatic rings. The van der Waals surface area contributed by atoms with Gasteiger partial charge >= 0.3 is 5.97 Å². The molecule has 1 atom stereocenters. The average molecular weight is 351 g/mol. The fourth-order valence-corrected chi connectivity index (χ4v) is 2.97. The quantitative estimate of drug-likeness (QED) is 0.539. The lowest BCUT2D eigenvalue weighted by atomic mass is 9.89. The van der Waals surface area contributed by atoms with Crippen LogP contribution in [-0.2, 0) is 14.3 Å². The third-order valence-corrected chi connectivity index (χ3v) is 4.27. The Morgan fingerprint density at radius 2 is 1.54 bits per heavy atom. The second kappa shape index (κ2) is 9.56. The van der Waals surface area contributed by atoms with E-state index in [0.29, 0.717) is 6.54 Å². The number of methoxy groups -OCH3 is 1. The number of hydrogen-bond acceptors (Lipinski definition) is 3. The van der Waals surface area contributed by atoms with Crippen LogP contribution in [0.5, 0.6) is 0 Å². The van der Waals surface area contributed by atoms with Crippen LogP contribution < -0.4 is 0 Å². The predicted molar refractivity (Wildman–Crippen MR) is 103 cm³/mol. The van der Waals surface area contributed by atoms with Gasteiger partial charge in [0.25, 0.3) is 0 Å². The van der Waals surface area contributed by atoms with Crippen LogP contribution >= 0.6 is 0 Å². The van der Waals surface area contributed by atoms with E-state index in [2.05, 4.69) is 6.58 Å². The number of rotatable bonds is 8. The predicted octanol–water partition coefficient (Wildman–Crippen LogP) is 3.64. The van der Waals surface area contributed by atoms with Crippen molar-refractivity contribution >= 4 is 11.9 Å². The molecule has 1 amide bonds. The van der Waals surface area contributed by atoms with Crippen molar-refractivity contribution in [2.45, 2.75) is 12.8 Å². The fourth-order valence-electron chi connectivity index (χ4n) is 2.97. The van der Waals surface area contributed by atoms with Gasteiger partial charge in [0, 0.05) is 13.1 Å². The van der Waals surface area contributed by atoms with Crippen molar-refractivity contribution in [1.82, 2.24) is 4.90 Å². The van der Waals surface area contributed by atoms with Gasteiger partial charge < -0.3 is 9.64 Å². The molecule has 0 saturated carbocycles. The van der Waals surface area contributed by atoms with Gasteiger partial charge in [-0.3, -0.25) is 9.59 Å². The number of hydrogen-bond donors (Lipinski definition) is 0. The van der Waals surface area contributed by atoms with E-state index >= 15 is 0 Å². The molecule has 0 aliphatic heterocycles. The first-order chi connectivity index (χ1) is 12.6. The molecule has 0 fully saturated rings. The topological polar surface area (TPSA) is 46.6 Å². The molecular formula is C22H25NO3. The van der Waals surface area contributed by atoms with Crippen molar-refractivity contribution in [3.8, 4) is 0 Å². The Labute approximate surface area is 155 Å². The summed E-state index contributed by atoms with van der Waals surface area (Å²) in [7, 11) is 1.36. The Morgan fingerprint density at radius 1 is 1.04 bits per heavy atom. The fraction of sp³-hybridized carbons (Fsp3) is 0.273. The molecule has 136 valence electrons. The summed E-state index contributed by atoms with van der Waals surface area (Å²) in [6.45, 7) is 6.17. The third-order valence-electron chi connectivity index (χ3n) is 4.27. The summed E-state index contributed by atoms with van der Waals surface area (Å²) < 4.78 is 4.80. The van der Waals surface area contributed by atoms with Crippen LogP contribution in [0.2, 0.25) is 0 Å². The number of esters is 1. The summed E-state index contributed by atoms with van der Waals surface area (Å²) in [5.74, 6) is -1.22. The van der Waals surface area contributed by atoms with E-state index in [1.807, 2.05) is 60.7 Å². The summed E-state index contributed by atoms with van der Waals surface area (Å²) in [6.07, 6.45) is 1.68. The highest BCUT2D eigenvalue weighted by molar-refractivity contribution is 5.87. The SMILES string of the molecule is C=CCN(CC(C)C(=O)OC)C(=O)C(c1ccccc1)c1ccccc1. The molecule has 0 radical (unpaired) electrons. The van der Waals surface area contributed by atoms with Gasteiger partial charge in [-0.1, -0.05) is 73.7 Å². The van der Waals surface area contributed by atoms with E-state index in [4.69, 9.17) is 4.74 Å². The molecule has 0 N–H and O–H groups in total. The molecule has 0 spiro atoms. The summed E-state index contributed by atoms with van der Waals surface area (Å²) in [5.41, 5.74) is 1.84. The molecule has 0 aliphatic rings. The largest absolute Gasteiger partial charge is 0.469 e. The molecular weight excluding hydrogens is 326 g/mol. The number of carbonyl (C=O) groups excluding carboxylic acids is 2. The van der Waals surface area contributed by atoms with Gasteiger partial charge in [-0.15, -0.1) is 6.58 Å². The molecule has 2 rings (SSSR count). The highest BCUT2D eigenvalue weighted by atomic mass is 16.5. The maximum Gasteiger partial charge on any atom is 0.310 e. The minimum Gasteiger partial charge on any atom is -0.469 e.